The van der Waals surface area contributed by atoms with Crippen molar-refractivity contribution in [1.29, 1.82) is 0 Å². The highest BCUT2D eigenvalue weighted by Gasteiger charge is 2.25. The normalized spacial score (nSPS) is 20.9. The summed E-state index contributed by atoms with van der Waals surface area (Å²) in [4.78, 5) is 13.3. The molecule has 1 nitrogen and oxygen atoms in total. The maximum Gasteiger partial charge on any atom is 0.136 e. The summed E-state index contributed by atoms with van der Waals surface area (Å²) in [6.07, 6.45) is 9.38. The van der Waals surface area contributed by atoms with E-state index >= 15 is 0 Å². The molecule has 0 aliphatic heterocycles. The minimum Gasteiger partial charge on any atom is -0.299 e. The van der Waals surface area contributed by atoms with Gasteiger partial charge in [0.1, 0.15) is 5.78 Å². The van der Waals surface area contributed by atoms with Gasteiger partial charge in [-0.2, -0.15) is 0 Å². The van der Waals surface area contributed by atoms with Crippen LogP contribution in [-0.2, 0) is 4.79 Å². The maximum atomic E-state index is 12.0. The molecule has 0 bridgehead atoms. The SMILES string of the molecule is C/C=C/C(CC1CCCCC1=O)Sc1ccc(Cl)c(C)c1. The number of Topliss-reactive ketones (excluding diaryl/α,β-unsaturated/α-hetero) is 1. The molecule has 2 unspecified atom stereocenters. The fourth-order valence-electron chi connectivity index (χ4n) is 2.83. The second-order valence-electron chi connectivity index (χ2n) is 5.74. The average Bonchev–Trinajstić information content (AvgIpc) is 2.46. The predicted molar refractivity (Wildman–Crippen MR) is 92.2 cm³/mol. The van der Waals surface area contributed by atoms with Crippen molar-refractivity contribution in [1.82, 2.24) is 0 Å². The second-order valence-corrected chi connectivity index (χ2v) is 7.46. The lowest BCUT2D eigenvalue weighted by molar-refractivity contribution is -0.124. The number of benzene rings is 1. The molecule has 1 fully saturated rings. The Labute approximate surface area is 137 Å². The summed E-state index contributed by atoms with van der Waals surface area (Å²) in [6.45, 7) is 4.07. The van der Waals surface area contributed by atoms with E-state index in [4.69, 9.17) is 11.6 Å². The molecule has 0 N–H and O–H groups in total. The molecule has 1 aromatic carbocycles. The van der Waals surface area contributed by atoms with Crippen LogP contribution >= 0.6 is 23.4 Å². The van der Waals surface area contributed by atoms with E-state index in [0.717, 1.165) is 36.3 Å². The van der Waals surface area contributed by atoms with Crippen LogP contribution in [-0.4, -0.2) is 11.0 Å². The van der Waals surface area contributed by atoms with E-state index in [-0.39, 0.29) is 5.92 Å². The molecule has 0 saturated heterocycles. The summed E-state index contributed by atoms with van der Waals surface area (Å²) in [6, 6.07) is 6.16. The molecule has 3 heteroatoms. The van der Waals surface area contributed by atoms with Crippen LogP contribution in [0.1, 0.15) is 44.6 Å². The summed E-state index contributed by atoms with van der Waals surface area (Å²) in [5.74, 6) is 0.712. The number of allylic oxidation sites excluding steroid dienone is 1. The number of ketones is 1. The lowest BCUT2D eigenvalue weighted by Gasteiger charge is -2.24. The van der Waals surface area contributed by atoms with Crippen LogP contribution in [0.15, 0.2) is 35.2 Å². The highest BCUT2D eigenvalue weighted by Crippen LogP contribution is 2.34. The van der Waals surface area contributed by atoms with Gasteiger partial charge in [-0.15, -0.1) is 11.8 Å². The molecule has 2 rings (SSSR count). The van der Waals surface area contributed by atoms with Crippen LogP contribution in [0.3, 0.4) is 0 Å². The second kappa shape index (κ2) is 8.05. The minimum atomic E-state index is 0.251. The van der Waals surface area contributed by atoms with Crippen LogP contribution in [0.5, 0.6) is 0 Å². The summed E-state index contributed by atoms with van der Waals surface area (Å²) < 4.78 is 0. The summed E-state index contributed by atoms with van der Waals surface area (Å²) in [5.41, 5.74) is 1.11. The standard InChI is InChI=1S/C18H23ClOS/c1-3-6-15(12-14-7-4-5-8-18(14)20)21-16-9-10-17(19)13(2)11-16/h3,6,9-11,14-15H,4-5,7-8,12H2,1-2H3/b6-3+. The molecule has 114 valence electrons. The van der Waals surface area contributed by atoms with Crippen molar-refractivity contribution in [3.05, 3.63) is 40.9 Å². The number of halogens is 1. The van der Waals surface area contributed by atoms with Crippen molar-refractivity contribution < 1.29 is 4.79 Å². The molecule has 21 heavy (non-hydrogen) atoms. The Morgan fingerprint density at radius 3 is 2.90 bits per heavy atom. The highest BCUT2D eigenvalue weighted by atomic mass is 35.5. The van der Waals surface area contributed by atoms with Gasteiger partial charge in [0.2, 0.25) is 0 Å². The largest absolute Gasteiger partial charge is 0.299 e. The van der Waals surface area contributed by atoms with Gasteiger partial charge in [-0.25, -0.2) is 0 Å². The van der Waals surface area contributed by atoms with Crippen molar-refractivity contribution in [2.45, 2.75) is 56.1 Å². The zero-order valence-electron chi connectivity index (χ0n) is 12.8. The fourth-order valence-corrected chi connectivity index (χ4v) is 4.25. The molecular formula is C18H23ClOS. The summed E-state index contributed by atoms with van der Waals surface area (Å²) in [5, 5.41) is 1.17. The molecule has 0 heterocycles. The van der Waals surface area contributed by atoms with Gasteiger partial charge in [0.15, 0.2) is 0 Å². The number of hydrogen-bond donors (Lipinski definition) is 0. The first kappa shape index (κ1) is 16.6. The van der Waals surface area contributed by atoms with E-state index in [1.807, 2.05) is 31.7 Å². The smallest absolute Gasteiger partial charge is 0.136 e. The average molecular weight is 323 g/mol. The van der Waals surface area contributed by atoms with Crippen molar-refractivity contribution in [2.24, 2.45) is 5.92 Å². The van der Waals surface area contributed by atoms with Crippen LogP contribution in [0.2, 0.25) is 5.02 Å². The van der Waals surface area contributed by atoms with E-state index < -0.39 is 0 Å². The number of carbonyl (C=O) groups is 1. The zero-order valence-corrected chi connectivity index (χ0v) is 14.3. The van der Waals surface area contributed by atoms with Gasteiger partial charge in [0.05, 0.1) is 0 Å². The van der Waals surface area contributed by atoms with Gasteiger partial charge in [0, 0.05) is 27.5 Å². The van der Waals surface area contributed by atoms with Gasteiger partial charge in [-0.3, -0.25) is 4.79 Å². The Bertz CT molecular complexity index is 524. The van der Waals surface area contributed by atoms with Crippen molar-refractivity contribution in [2.75, 3.05) is 0 Å². The maximum absolute atomic E-state index is 12.0. The Morgan fingerprint density at radius 1 is 1.43 bits per heavy atom. The molecule has 0 spiro atoms. The molecule has 1 aliphatic rings. The number of rotatable bonds is 5. The number of carbonyl (C=O) groups excluding carboxylic acids is 1. The summed E-state index contributed by atoms with van der Waals surface area (Å²) >= 11 is 7.92. The first-order valence-corrected chi connectivity index (χ1v) is 8.94. The molecule has 0 aromatic heterocycles. The van der Waals surface area contributed by atoms with Crippen LogP contribution in [0.4, 0.5) is 0 Å². The van der Waals surface area contributed by atoms with Gasteiger partial charge in [0.25, 0.3) is 0 Å². The van der Waals surface area contributed by atoms with Gasteiger partial charge >= 0.3 is 0 Å². The number of hydrogen-bond acceptors (Lipinski definition) is 2. The van der Waals surface area contributed by atoms with Crippen molar-refractivity contribution in [3.63, 3.8) is 0 Å². The topological polar surface area (TPSA) is 17.1 Å². The monoisotopic (exact) mass is 322 g/mol. The molecule has 0 radical (unpaired) electrons. The molecule has 1 saturated carbocycles. The molecule has 2 atom stereocenters. The molecular weight excluding hydrogens is 300 g/mol. The molecule has 1 aromatic rings. The van der Waals surface area contributed by atoms with Crippen LogP contribution < -0.4 is 0 Å². The van der Waals surface area contributed by atoms with Crippen LogP contribution in [0.25, 0.3) is 0 Å². The van der Waals surface area contributed by atoms with E-state index in [2.05, 4.69) is 24.3 Å². The highest BCUT2D eigenvalue weighted by molar-refractivity contribution is 8.00. The minimum absolute atomic E-state index is 0.251. The Hall–Kier alpha value is -0.730. The third-order valence-electron chi connectivity index (χ3n) is 4.02. The summed E-state index contributed by atoms with van der Waals surface area (Å²) in [7, 11) is 0. The lowest BCUT2D eigenvalue weighted by atomic mass is 9.85. The number of aryl methyl sites for hydroxylation is 1. The lowest BCUT2D eigenvalue weighted by Crippen LogP contribution is -2.22. The fraction of sp³-hybridized carbons (Fsp3) is 0.500. The zero-order chi connectivity index (χ0) is 15.2. The van der Waals surface area contributed by atoms with E-state index in [9.17, 15) is 4.79 Å². The van der Waals surface area contributed by atoms with Gasteiger partial charge < -0.3 is 0 Å². The Balaban J connectivity index is 2.04. The third kappa shape index (κ3) is 4.89. The van der Waals surface area contributed by atoms with Gasteiger partial charge in [-0.05, 0) is 56.9 Å². The first-order valence-electron chi connectivity index (χ1n) is 7.68. The molecule has 0 amide bonds. The quantitative estimate of drug-likeness (QED) is 0.500. The predicted octanol–water partition coefficient (Wildman–Crippen LogP) is 5.83. The van der Waals surface area contributed by atoms with Crippen molar-refractivity contribution in [3.8, 4) is 0 Å². The van der Waals surface area contributed by atoms with Crippen LogP contribution in [0, 0.1) is 12.8 Å². The number of thioether (sulfide) groups is 1. The third-order valence-corrected chi connectivity index (χ3v) is 5.62. The first-order chi connectivity index (χ1) is 10.1. The van der Waals surface area contributed by atoms with E-state index in [0.29, 0.717) is 11.0 Å². The van der Waals surface area contributed by atoms with E-state index in [1.54, 1.807) is 0 Å². The van der Waals surface area contributed by atoms with E-state index in [1.165, 1.54) is 11.3 Å². The van der Waals surface area contributed by atoms with Crippen molar-refractivity contribution >= 4 is 29.1 Å². The van der Waals surface area contributed by atoms with Gasteiger partial charge in [-0.1, -0.05) is 30.2 Å². The molecule has 1 aliphatic carbocycles. The Kier molecular flexibility index (Phi) is 6.38. The Morgan fingerprint density at radius 2 is 2.24 bits per heavy atom.